The van der Waals surface area contributed by atoms with Crippen LogP contribution in [0.15, 0.2) is 42.5 Å². The van der Waals surface area contributed by atoms with Gasteiger partial charge in [-0.25, -0.2) is 4.98 Å². The Labute approximate surface area is 128 Å². The number of aromatic nitrogens is 2. The van der Waals surface area contributed by atoms with E-state index in [1.807, 2.05) is 42.5 Å². The van der Waals surface area contributed by atoms with Crippen LogP contribution in [0.4, 0.5) is 5.95 Å². The van der Waals surface area contributed by atoms with E-state index in [1.54, 1.807) is 0 Å². The molecule has 0 bridgehead atoms. The van der Waals surface area contributed by atoms with Gasteiger partial charge in [-0.2, -0.15) is 0 Å². The Balaban J connectivity index is 1.56. The van der Waals surface area contributed by atoms with E-state index in [0.29, 0.717) is 19.8 Å². The van der Waals surface area contributed by atoms with Crippen LogP contribution >= 0.6 is 0 Å². The zero-order chi connectivity index (χ0) is 14.8. The van der Waals surface area contributed by atoms with Crippen molar-refractivity contribution in [3.8, 4) is 11.5 Å². The first-order chi connectivity index (χ1) is 10.9. The van der Waals surface area contributed by atoms with Crippen molar-refractivity contribution in [2.45, 2.75) is 13.0 Å². The number of hydrogen-bond donors (Lipinski definition) is 2. The summed E-state index contributed by atoms with van der Waals surface area (Å²) in [7, 11) is 0. The number of nitrogens with one attached hydrogen (secondary N) is 2. The van der Waals surface area contributed by atoms with Crippen LogP contribution in [0.2, 0.25) is 0 Å². The van der Waals surface area contributed by atoms with Crippen molar-refractivity contribution in [3.63, 3.8) is 0 Å². The normalized spacial score (nSPS) is 13.8. The van der Waals surface area contributed by atoms with E-state index in [9.17, 15) is 0 Å². The number of anilines is 1. The fraction of sp³-hybridized carbons (Fsp3) is 0.235. The van der Waals surface area contributed by atoms with Crippen LogP contribution in [0.5, 0.6) is 11.5 Å². The SMILES string of the molecule is c1cc(CNc2nc3ccccc3[nH]2)c2c(c1)OCCCO2. The number of ether oxygens (including phenoxy) is 2. The Morgan fingerprint density at radius 3 is 2.91 bits per heavy atom. The lowest BCUT2D eigenvalue weighted by molar-refractivity contribution is 0.296. The Morgan fingerprint density at radius 2 is 1.95 bits per heavy atom. The van der Waals surface area contributed by atoms with Gasteiger partial charge in [0.05, 0.1) is 24.2 Å². The maximum absolute atomic E-state index is 5.83. The molecule has 0 atom stereocenters. The van der Waals surface area contributed by atoms with E-state index in [-0.39, 0.29) is 0 Å². The smallest absolute Gasteiger partial charge is 0.201 e. The molecule has 3 aromatic rings. The van der Waals surface area contributed by atoms with Gasteiger partial charge in [-0.1, -0.05) is 24.3 Å². The first-order valence-electron chi connectivity index (χ1n) is 7.46. The highest BCUT2D eigenvalue weighted by molar-refractivity contribution is 5.77. The molecule has 0 saturated heterocycles. The molecule has 1 aliphatic rings. The first kappa shape index (κ1) is 13.0. The average Bonchev–Trinajstić information content (AvgIpc) is 2.81. The number of benzene rings is 2. The standard InChI is InChI=1S/C17H17N3O2/c1-2-7-14-13(6-1)19-17(20-14)18-11-12-5-3-8-15-16(12)22-10-4-9-21-15/h1-3,5-8H,4,9-11H2,(H2,18,19,20). The third-order valence-electron chi connectivity index (χ3n) is 3.69. The molecule has 0 spiro atoms. The minimum atomic E-state index is 0.631. The number of H-pyrrole nitrogens is 1. The van der Waals surface area contributed by atoms with Crippen LogP contribution in [-0.4, -0.2) is 23.2 Å². The monoisotopic (exact) mass is 295 g/mol. The van der Waals surface area contributed by atoms with Crippen LogP contribution in [-0.2, 0) is 6.54 Å². The van der Waals surface area contributed by atoms with Crippen molar-refractivity contribution >= 4 is 17.0 Å². The molecule has 0 aliphatic carbocycles. The molecule has 2 N–H and O–H groups in total. The highest BCUT2D eigenvalue weighted by atomic mass is 16.5. The zero-order valence-electron chi connectivity index (χ0n) is 12.1. The molecule has 0 saturated carbocycles. The van der Waals surface area contributed by atoms with Gasteiger partial charge in [-0.15, -0.1) is 0 Å². The lowest BCUT2D eigenvalue weighted by Gasteiger charge is -2.12. The Morgan fingerprint density at radius 1 is 1.05 bits per heavy atom. The van der Waals surface area contributed by atoms with Gasteiger partial charge in [0.2, 0.25) is 5.95 Å². The summed E-state index contributed by atoms with van der Waals surface area (Å²) in [5.74, 6) is 2.42. The predicted molar refractivity (Wildman–Crippen MR) is 85.5 cm³/mol. The summed E-state index contributed by atoms with van der Waals surface area (Å²) in [5, 5.41) is 3.32. The number of aromatic amines is 1. The van der Waals surface area contributed by atoms with Crippen molar-refractivity contribution in [1.82, 2.24) is 9.97 Å². The summed E-state index contributed by atoms with van der Waals surface area (Å²) in [4.78, 5) is 7.78. The number of nitrogens with zero attached hydrogens (tertiary/aromatic N) is 1. The highest BCUT2D eigenvalue weighted by Gasteiger charge is 2.14. The molecular weight excluding hydrogens is 278 g/mol. The molecule has 112 valence electrons. The summed E-state index contributed by atoms with van der Waals surface area (Å²) in [6.45, 7) is 2.02. The van der Waals surface area contributed by atoms with Gasteiger partial charge in [0.15, 0.2) is 11.5 Å². The predicted octanol–water partition coefficient (Wildman–Crippen LogP) is 3.34. The maximum atomic E-state index is 5.83. The molecule has 5 heteroatoms. The van der Waals surface area contributed by atoms with Crippen molar-refractivity contribution < 1.29 is 9.47 Å². The second-order valence-electron chi connectivity index (χ2n) is 5.25. The van der Waals surface area contributed by atoms with Crippen LogP contribution in [0, 0.1) is 0 Å². The van der Waals surface area contributed by atoms with E-state index in [0.717, 1.165) is 40.5 Å². The fourth-order valence-electron chi connectivity index (χ4n) is 2.61. The van der Waals surface area contributed by atoms with Crippen LogP contribution in [0.3, 0.4) is 0 Å². The number of rotatable bonds is 3. The topological polar surface area (TPSA) is 59.2 Å². The molecule has 2 aromatic carbocycles. The summed E-state index contributed by atoms with van der Waals surface area (Å²) in [6, 6.07) is 14.0. The lowest BCUT2D eigenvalue weighted by atomic mass is 10.2. The van der Waals surface area contributed by atoms with Gasteiger partial charge in [-0.05, 0) is 18.2 Å². The summed E-state index contributed by atoms with van der Waals surface area (Å²) in [5.41, 5.74) is 3.05. The molecule has 0 radical (unpaired) electrons. The van der Waals surface area contributed by atoms with Crippen LogP contribution < -0.4 is 14.8 Å². The second kappa shape index (κ2) is 5.60. The van der Waals surface area contributed by atoms with Gasteiger partial charge in [0.25, 0.3) is 0 Å². The van der Waals surface area contributed by atoms with Crippen LogP contribution in [0.1, 0.15) is 12.0 Å². The number of fused-ring (bicyclic) bond motifs is 2. The van der Waals surface area contributed by atoms with Gasteiger partial charge in [0.1, 0.15) is 0 Å². The molecular formula is C17H17N3O2. The van der Waals surface area contributed by atoms with E-state index < -0.39 is 0 Å². The van der Waals surface area contributed by atoms with Gasteiger partial charge >= 0.3 is 0 Å². The number of para-hydroxylation sites is 3. The van der Waals surface area contributed by atoms with Crippen LogP contribution in [0.25, 0.3) is 11.0 Å². The Hall–Kier alpha value is -2.69. The van der Waals surface area contributed by atoms with Crippen molar-refractivity contribution in [1.29, 1.82) is 0 Å². The molecule has 1 aliphatic heterocycles. The number of hydrogen-bond acceptors (Lipinski definition) is 4. The Bertz CT molecular complexity index is 764. The molecule has 5 nitrogen and oxygen atoms in total. The molecule has 4 rings (SSSR count). The molecule has 0 unspecified atom stereocenters. The number of imidazole rings is 1. The highest BCUT2D eigenvalue weighted by Crippen LogP contribution is 2.33. The molecule has 2 heterocycles. The van der Waals surface area contributed by atoms with Crippen molar-refractivity contribution in [2.24, 2.45) is 0 Å². The Kier molecular flexibility index (Phi) is 3.31. The average molecular weight is 295 g/mol. The summed E-state index contributed by atoms with van der Waals surface area (Å²) >= 11 is 0. The van der Waals surface area contributed by atoms with E-state index in [1.165, 1.54) is 0 Å². The van der Waals surface area contributed by atoms with Gasteiger partial charge in [-0.3, -0.25) is 0 Å². The molecule has 0 amide bonds. The molecule has 1 aromatic heterocycles. The minimum Gasteiger partial charge on any atom is -0.490 e. The summed E-state index contributed by atoms with van der Waals surface area (Å²) < 4.78 is 11.5. The fourth-order valence-corrected chi connectivity index (χ4v) is 2.61. The van der Waals surface area contributed by atoms with E-state index in [4.69, 9.17) is 9.47 Å². The minimum absolute atomic E-state index is 0.631. The third kappa shape index (κ3) is 2.45. The van der Waals surface area contributed by atoms with E-state index >= 15 is 0 Å². The van der Waals surface area contributed by atoms with Gasteiger partial charge < -0.3 is 19.8 Å². The summed E-state index contributed by atoms with van der Waals surface area (Å²) in [6.07, 6.45) is 0.908. The lowest BCUT2D eigenvalue weighted by Crippen LogP contribution is -2.04. The largest absolute Gasteiger partial charge is 0.490 e. The van der Waals surface area contributed by atoms with Crippen molar-refractivity contribution in [3.05, 3.63) is 48.0 Å². The van der Waals surface area contributed by atoms with E-state index in [2.05, 4.69) is 15.3 Å². The van der Waals surface area contributed by atoms with Crippen molar-refractivity contribution in [2.75, 3.05) is 18.5 Å². The van der Waals surface area contributed by atoms with Gasteiger partial charge in [0, 0.05) is 18.5 Å². The maximum Gasteiger partial charge on any atom is 0.201 e. The first-order valence-corrected chi connectivity index (χ1v) is 7.46. The zero-order valence-corrected chi connectivity index (χ0v) is 12.1. The quantitative estimate of drug-likeness (QED) is 0.778. The second-order valence-corrected chi connectivity index (χ2v) is 5.25. The third-order valence-corrected chi connectivity index (χ3v) is 3.69. The molecule has 0 fully saturated rings. The molecule has 22 heavy (non-hydrogen) atoms.